The molecular weight excluding hydrogens is 282 g/mol. The summed E-state index contributed by atoms with van der Waals surface area (Å²) in [6.45, 7) is 2.46. The van der Waals surface area contributed by atoms with Crippen LogP contribution < -0.4 is 0 Å². The molecule has 1 aliphatic heterocycles. The van der Waals surface area contributed by atoms with Crippen LogP contribution in [0.1, 0.15) is 23.4 Å². The van der Waals surface area contributed by atoms with Gasteiger partial charge in [-0.3, -0.25) is 0 Å². The van der Waals surface area contributed by atoms with Crippen molar-refractivity contribution in [1.29, 1.82) is 0 Å². The second-order valence-corrected chi connectivity index (χ2v) is 7.56. The van der Waals surface area contributed by atoms with Gasteiger partial charge < -0.3 is 4.57 Å². The van der Waals surface area contributed by atoms with Gasteiger partial charge in [-0.1, -0.05) is 0 Å². The molecule has 7 heteroatoms. The van der Waals surface area contributed by atoms with E-state index in [9.17, 15) is 8.42 Å². The molecule has 0 aliphatic carbocycles. The van der Waals surface area contributed by atoms with E-state index >= 15 is 0 Å². The molecule has 19 heavy (non-hydrogen) atoms. The molecule has 0 saturated carbocycles. The summed E-state index contributed by atoms with van der Waals surface area (Å²) in [5.41, 5.74) is 1.12. The standard InChI is InChI=1S/C12H15N3O2S2/c1-9-10-4-6-18-11(10)3-5-15(9)19(16,17)12-7-14(2)8-13-12/h4,6-9H,3,5H2,1-2H3/t9-/m0/s1. The SMILES string of the molecule is C[C@H]1c2ccsc2CCN1S(=O)(=O)c1cn(C)cn1. The largest absolute Gasteiger partial charge is 0.339 e. The normalized spacial score (nSPS) is 20.4. The third-order valence-electron chi connectivity index (χ3n) is 3.48. The molecule has 0 amide bonds. The molecule has 102 valence electrons. The highest BCUT2D eigenvalue weighted by molar-refractivity contribution is 7.89. The molecule has 0 fully saturated rings. The van der Waals surface area contributed by atoms with Crippen molar-refractivity contribution in [2.45, 2.75) is 24.4 Å². The molecule has 1 aliphatic rings. The number of hydrogen-bond acceptors (Lipinski definition) is 4. The Balaban J connectivity index is 2.00. The lowest BCUT2D eigenvalue weighted by molar-refractivity contribution is 0.328. The molecular formula is C12H15N3O2S2. The van der Waals surface area contributed by atoms with Crippen molar-refractivity contribution in [3.8, 4) is 0 Å². The molecule has 0 N–H and O–H groups in total. The summed E-state index contributed by atoms with van der Waals surface area (Å²) in [6, 6.07) is 1.90. The molecule has 0 spiro atoms. The molecule has 2 aromatic heterocycles. The molecule has 0 radical (unpaired) electrons. The lowest BCUT2D eigenvalue weighted by Crippen LogP contribution is -2.38. The molecule has 0 aromatic carbocycles. The van der Waals surface area contributed by atoms with Gasteiger partial charge in [-0.05, 0) is 30.4 Å². The van der Waals surface area contributed by atoms with E-state index in [1.165, 1.54) is 11.2 Å². The van der Waals surface area contributed by atoms with E-state index in [-0.39, 0.29) is 11.1 Å². The highest BCUT2D eigenvalue weighted by Gasteiger charge is 2.35. The van der Waals surface area contributed by atoms with Crippen LogP contribution in [-0.4, -0.2) is 28.8 Å². The third-order valence-corrected chi connectivity index (χ3v) is 6.33. The first-order valence-electron chi connectivity index (χ1n) is 6.06. The highest BCUT2D eigenvalue weighted by Crippen LogP contribution is 2.35. The Kier molecular flexibility index (Phi) is 2.99. The van der Waals surface area contributed by atoms with Crippen molar-refractivity contribution >= 4 is 21.4 Å². The summed E-state index contributed by atoms with van der Waals surface area (Å²) in [5.74, 6) is 0. The minimum Gasteiger partial charge on any atom is -0.339 e. The predicted molar refractivity (Wildman–Crippen MR) is 73.5 cm³/mol. The zero-order chi connectivity index (χ0) is 13.6. The average molecular weight is 297 g/mol. The highest BCUT2D eigenvalue weighted by atomic mass is 32.2. The number of sulfonamides is 1. The van der Waals surface area contributed by atoms with Gasteiger partial charge in [0.2, 0.25) is 0 Å². The Hall–Kier alpha value is -1.18. The van der Waals surface area contributed by atoms with Gasteiger partial charge in [-0.15, -0.1) is 11.3 Å². The van der Waals surface area contributed by atoms with Crippen LogP contribution in [0.5, 0.6) is 0 Å². The first-order valence-corrected chi connectivity index (χ1v) is 8.38. The Morgan fingerprint density at radius 2 is 2.26 bits per heavy atom. The fourth-order valence-corrected chi connectivity index (χ4v) is 5.00. The van der Waals surface area contributed by atoms with Crippen LogP contribution in [0.2, 0.25) is 0 Å². The third kappa shape index (κ3) is 2.01. The van der Waals surface area contributed by atoms with Crippen LogP contribution in [0.3, 0.4) is 0 Å². The van der Waals surface area contributed by atoms with Crippen LogP contribution in [0.4, 0.5) is 0 Å². The number of aryl methyl sites for hydroxylation is 1. The van der Waals surface area contributed by atoms with Crippen molar-refractivity contribution in [2.75, 3.05) is 6.54 Å². The van der Waals surface area contributed by atoms with Crippen molar-refractivity contribution in [2.24, 2.45) is 7.05 Å². The van der Waals surface area contributed by atoms with E-state index in [1.807, 2.05) is 18.4 Å². The number of imidazole rings is 1. The van der Waals surface area contributed by atoms with Gasteiger partial charge in [0.1, 0.15) is 0 Å². The van der Waals surface area contributed by atoms with Gasteiger partial charge in [-0.2, -0.15) is 4.31 Å². The Morgan fingerprint density at radius 1 is 1.47 bits per heavy atom. The minimum atomic E-state index is -3.50. The molecule has 2 aromatic rings. The van der Waals surface area contributed by atoms with Gasteiger partial charge in [-0.25, -0.2) is 13.4 Å². The number of fused-ring (bicyclic) bond motifs is 1. The van der Waals surface area contributed by atoms with Crippen molar-refractivity contribution in [1.82, 2.24) is 13.9 Å². The maximum atomic E-state index is 12.6. The van der Waals surface area contributed by atoms with Gasteiger partial charge in [0, 0.05) is 30.7 Å². The molecule has 3 heterocycles. The van der Waals surface area contributed by atoms with Gasteiger partial charge in [0.25, 0.3) is 10.0 Å². The van der Waals surface area contributed by atoms with E-state index in [4.69, 9.17) is 0 Å². The number of thiophene rings is 1. The number of hydrogen-bond donors (Lipinski definition) is 0. The average Bonchev–Trinajstić information content (AvgIpc) is 2.97. The van der Waals surface area contributed by atoms with Gasteiger partial charge in [0.15, 0.2) is 5.03 Å². The summed E-state index contributed by atoms with van der Waals surface area (Å²) >= 11 is 1.70. The second kappa shape index (κ2) is 4.43. The summed E-state index contributed by atoms with van der Waals surface area (Å²) in [4.78, 5) is 5.27. The quantitative estimate of drug-likeness (QED) is 0.849. The smallest absolute Gasteiger partial charge is 0.262 e. The maximum Gasteiger partial charge on any atom is 0.262 e. The molecule has 0 bridgehead atoms. The van der Waals surface area contributed by atoms with E-state index in [0.717, 1.165) is 12.0 Å². The minimum absolute atomic E-state index is 0.123. The number of aromatic nitrogens is 2. The molecule has 3 rings (SSSR count). The summed E-state index contributed by atoms with van der Waals surface area (Å²) < 4.78 is 28.4. The van der Waals surface area contributed by atoms with Crippen molar-refractivity contribution in [3.63, 3.8) is 0 Å². The Morgan fingerprint density at radius 3 is 2.95 bits per heavy atom. The van der Waals surface area contributed by atoms with Gasteiger partial charge >= 0.3 is 0 Å². The summed E-state index contributed by atoms with van der Waals surface area (Å²) in [7, 11) is -1.74. The fraction of sp³-hybridized carbons (Fsp3) is 0.417. The van der Waals surface area contributed by atoms with Crippen LogP contribution in [-0.2, 0) is 23.5 Å². The fourth-order valence-electron chi connectivity index (χ4n) is 2.46. The number of rotatable bonds is 2. The van der Waals surface area contributed by atoms with Crippen LogP contribution in [0.15, 0.2) is 29.0 Å². The summed E-state index contributed by atoms with van der Waals surface area (Å²) in [5, 5.41) is 2.15. The zero-order valence-electron chi connectivity index (χ0n) is 10.8. The van der Waals surface area contributed by atoms with E-state index in [0.29, 0.717) is 6.54 Å². The lowest BCUT2D eigenvalue weighted by atomic mass is 10.0. The van der Waals surface area contributed by atoms with Crippen LogP contribution in [0.25, 0.3) is 0 Å². The van der Waals surface area contributed by atoms with Crippen LogP contribution >= 0.6 is 11.3 Å². The first-order chi connectivity index (χ1) is 9.00. The Labute approximate surface area is 116 Å². The van der Waals surface area contributed by atoms with E-state index in [1.54, 1.807) is 33.5 Å². The summed E-state index contributed by atoms with van der Waals surface area (Å²) in [6.07, 6.45) is 3.84. The first kappa shape index (κ1) is 12.8. The van der Waals surface area contributed by atoms with Crippen LogP contribution in [0, 0.1) is 0 Å². The van der Waals surface area contributed by atoms with Gasteiger partial charge in [0.05, 0.1) is 6.33 Å². The van der Waals surface area contributed by atoms with E-state index in [2.05, 4.69) is 4.98 Å². The maximum absolute atomic E-state index is 12.6. The number of nitrogens with zero attached hydrogens (tertiary/aromatic N) is 3. The second-order valence-electron chi connectivity index (χ2n) is 4.72. The monoisotopic (exact) mass is 297 g/mol. The van der Waals surface area contributed by atoms with E-state index < -0.39 is 10.0 Å². The van der Waals surface area contributed by atoms with Crippen molar-refractivity contribution < 1.29 is 8.42 Å². The zero-order valence-corrected chi connectivity index (χ0v) is 12.4. The Bertz CT molecular complexity index is 702. The molecule has 0 saturated heterocycles. The lowest BCUT2D eigenvalue weighted by Gasteiger charge is -2.31. The molecule has 1 atom stereocenters. The molecule has 0 unspecified atom stereocenters. The predicted octanol–water partition coefficient (Wildman–Crippen LogP) is 1.79. The topological polar surface area (TPSA) is 55.2 Å². The molecule has 5 nitrogen and oxygen atoms in total. The van der Waals surface area contributed by atoms with Crippen molar-refractivity contribution in [3.05, 3.63) is 34.4 Å².